The zero-order valence-corrected chi connectivity index (χ0v) is 12.5. The lowest BCUT2D eigenvalue weighted by Gasteiger charge is -2.09. The number of hydrogen-bond donors (Lipinski definition) is 1. The second kappa shape index (κ2) is 6.73. The molecule has 1 aromatic heterocycles. The lowest BCUT2D eigenvalue weighted by Crippen LogP contribution is -2.14. The summed E-state index contributed by atoms with van der Waals surface area (Å²) in [5.74, 6) is 0.102. The highest BCUT2D eigenvalue weighted by molar-refractivity contribution is 7.11. The lowest BCUT2D eigenvalue weighted by atomic mass is 10.2. The Hall–Kier alpha value is -2.58. The number of hydrogen-bond acceptors (Lipinski definition) is 4. The van der Waals surface area contributed by atoms with Crippen molar-refractivity contribution in [2.45, 2.75) is 6.92 Å². The van der Waals surface area contributed by atoms with Crippen LogP contribution in [0.5, 0.6) is 5.75 Å². The van der Waals surface area contributed by atoms with Gasteiger partial charge in [0.2, 0.25) is 0 Å². The van der Waals surface area contributed by atoms with Gasteiger partial charge in [0, 0.05) is 4.88 Å². The smallest absolute Gasteiger partial charge is 0.266 e. The van der Waals surface area contributed by atoms with Crippen LogP contribution in [0.3, 0.4) is 0 Å². The highest BCUT2D eigenvalue weighted by Crippen LogP contribution is 2.24. The van der Waals surface area contributed by atoms with Crippen LogP contribution in [-0.4, -0.2) is 13.0 Å². The number of anilines is 1. The van der Waals surface area contributed by atoms with E-state index >= 15 is 0 Å². The van der Waals surface area contributed by atoms with Crippen molar-refractivity contribution in [1.82, 2.24) is 0 Å². The average Bonchev–Trinajstić information content (AvgIpc) is 2.90. The fourth-order valence-corrected chi connectivity index (χ4v) is 2.61. The summed E-state index contributed by atoms with van der Waals surface area (Å²) >= 11 is 1.49. The topological polar surface area (TPSA) is 62.1 Å². The van der Waals surface area contributed by atoms with E-state index in [4.69, 9.17) is 4.74 Å². The Labute approximate surface area is 127 Å². The molecule has 0 saturated carbocycles. The number of amides is 1. The fourth-order valence-electron chi connectivity index (χ4n) is 1.75. The maximum atomic E-state index is 12.2. The van der Waals surface area contributed by atoms with Gasteiger partial charge in [-0.1, -0.05) is 12.1 Å². The van der Waals surface area contributed by atoms with Gasteiger partial charge >= 0.3 is 0 Å². The number of carbonyl (C=O) groups is 1. The van der Waals surface area contributed by atoms with Gasteiger partial charge in [0.25, 0.3) is 5.91 Å². The van der Waals surface area contributed by atoms with E-state index in [1.165, 1.54) is 18.4 Å². The van der Waals surface area contributed by atoms with Gasteiger partial charge < -0.3 is 10.1 Å². The zero-order chi connectivity index (χ0) is 15.2. The standard InChI is InChI=1S/C16H14N2O2S/c1-11-7-8-21-15(11)9-12(10-17)16(19)18-13-5-3-4-6-14(13)20-2/h3-9H,1-2H3,(H,18,19)/b12-9+. The van der Waals surface area contributed by atoms with Crippen molar-refractivity contribution in [2.75, 3.05) is 12.4 Å². The van der Waals surface area contributed by atoms with Crippen LogP contribution >= 0.6 is 11.3 Å². The van der Waals surface area contributed by atoms with Crippen LogP contribution in [0.1, 0.15) is 10.4 Å². The molecule has 0 aliphatic heterocycles. The third-order valence-electron chi connectivity index (χ3n) is 2.90. The maximum Gasteiger partial charge on any atom is 0.266 e. The van der Waals surface area contributed by atoms with Gasteiger partial charge in [0.1, 0.15) is 17.4 Å². The Kier molecular flexibility index (Phi) is 4.75. The minimum atomic E-state index is -0.449. The van der Waals surface area contributed by atoms with E-state index in [9.17, 15) is 10.1 Å². The molecule has 0 saturated heterocycles. The molecule has 0 spiro atoms. The van der Waals surface area contributed by atoms with Crippen molar-refractivity contribution in [2.24, 2.45) is 0 Å². The number of nitriles is 1. The number of aryl methyl sites for hydroxylation is 1. The molecule has 106 valence electrons. The van der Waals surface area contributed by atoms with Gasteiger partial charge in [-0.3, -0.25) is 4.79 Å². The van der Waals surface area contributed by atoms with E-state index in [1.54, 1.807) is 24.3 Å². The van der Waals surface area contributed by atoms with Crippen LogP contribution in [0.2, 0.25) is 0 Å². The molecule has 5 heteroatoms. The summed E-state index contributed by atoms with van der Waals surface area (Å²) in [7, 11) is 1.53. The number of nitrogens with zero attached hydrogens (tertiary/aromatic N) is 1. The Morgan fingerprint density at radius 2 is 2.14 bits per heavy atom. The minimum Gasteiger partial charge on any atom is -0.495 e. The molecule has 0 aliphatic rings. The van der Waals surface area contributed by atoms with E-state index in [1.807, 2.05) is 30.5 Å². The first-order chi connectivity index (χ1) is 10.2. The van der Waals surface area contributed by atoms with E-state index < -0.39 is 5.91 Å². The monoisotopic (exact) mass is 298 g/mol. The molecular formula is C16H14N2O2S. The Morgan fingerprint density at radius 3 is 2.76 bits per heavy atom. The highest BCUT2D eigenvalue weighted by Gasteiger charge is 2.12. The number of thiophene rings is 1. The molecule has 0 radical (unpaired) electrons. The minimum absolute atomic E-state index is 0.0615. The molecule has 2 aromatic rings. The summed E-state index contributed by atoms with van der Waals surface area (Å²) in [6, 6.07) is 11.0. The first kappa shape index (κ1) is 14.8. The summed E-state index contributed by atoms with van der Waals surface area (Å²) in [5.41, 5.74) is 1.64. The van der Waals surface area contributed by atoms with E-state index in [0.717, 1.165) is 10.4 Å². The molecule has 0 unspecified atom stereocenters. The summed E-state index contributed by atoms with van der Waals surface area (Å²) in [6.45, 7) is 1.94. The predicted molar refractivity (Wildman–Crippen MR) is 84.3 cm³/mol. The van der Waals surface area contributed by atoms with E-state index in [2.05, 4.69) is 5.32 Å². The van der Waals surface area contributed by atoms with Gasteiger partial charge in [-0.2, -0.15) is 5.26 Å². The average molecular weight is 298 g/mol. The maximum absolute atomic E-state index is 12.2. The summed E-state index contributed by atoms with van der Waals surface area (Å²) in [4.78, 5) is 13.1. The molecule has 0 aliphatic carbocycles. The number of rotatable bonds is 4. The SMILES string of the molecule is COc1ccccc1NC(=O)/C(C#N)=C/c1sccc1C. The van der Waals surface area contributed by atoms with Crippen LogP contribution in [0.25, 0.3) is 6.08 Å². The molecule has 0 atom stereocenters. The molecule has 0 bridgehead atoms. The number of carbonyl (C=O) groups excluding carboxylic acids is 1. The van der Waals surface area contributed by atoms with Crippen LogP contribution in [0, 0.1) is 18.3 Å². The molecule has 1 aromatic carbocycles. The van der Waals surface area contributed by atoms with Gasteiger partial charge in [0.05, 0.1) is 12.8 Å². The largest absolute Gasteiger partial charge is 0.495 e. The molecule has 1 heterocycles. The number of benzene rings is 1. The van der Waals surface area contributed by atoms with Crippen LogP contribution < -0.4 is 10.1 Å². The summed E-state index contributed by atoms with van der Waals surface area (Å²) < 4.78 is 5.17. The van der Waals surface area contributed by atoms with Gasteiger partial charge in [-0.25, -0.2) is 0 Å². The van der Waals surface area contributed by atoms with Crippen molar-refractivity contribution in [3.05, 3.63) is 51.7 Å². The summed E-state index contributed by atoms with van der Waals surface area (Å²) in [6.07, 6.45) is 1.60. The molecule has 1 N–H and O–H groups in total. The fraction of sp³-hybridized carbons (Fsp3) is 0.125. The Bertz CT molecular complexity index is 726. The second-order valence-electron chi connectivity index (χ2n) is 4.29. The molecule has 1 amide bonds. The van der Waals surface area contributed by atoms with E-state index in [-0.39, 0.29) is 5.57 Å². The van der Waals surface area contributed by atoms with Crippen LogP contribution in [0.15, 0.2) is 41.3 Å². The second-order valence-corrected chi connectivity index (χ2v) is 5.24. The first-order valence-corrected chi connectivity index (χ1v) is 7.14. The van der Waals surface area contributed by atoms with Crippen molar-refractivity contribution < 1.29 is 9.53 Å². The summed E-state index contributed by atoms with van der Waals surface area (Å²) in [5, 5.41) is 13.8. The van der Waals surface area contributed by atoms with E-state index in [0.29, 0.717) is 11.4 Å². The van der Waals surface area contributed by atoms with Crippen molar-refractivity contribution >= 4 is 29.0 Å². The van der Waals surface area contributed by atoms with Gasteiger partial charge in [0.15, 0.2) is 0 Å². The van der Waals surface area contributed by atoms with Gasteiger partial charge in [-0.15, -0.1) is 11.3 Å². The normalized spacial score (nSPS) is 10.8. The third kappa shape index (κ3) is 3.50. The quantitative estimate of drug-likeness (QED) is 0.693. The highest BCUT2D eigenvalue weighted by atomic mass is 32.1. The number of para-hydroxylation sites is 2. The molecular weight excluding hydrogens is 284 g/mol. The molecule has 21 heavy (non-hydrogen) atoms. The van der Waals surface area contributed by atoms with Crippen molar-refractivity contribution in [3.8, 4) is 11.8 Å². The zero-order valence-electron chi connectivity index (χ0n) is 11.7. The number of nitrogens with one attached hydrogen (secondary N) is 1. The Balaban J connectivity index is 2.24. The predicted octanol–water partition coefficient (Wildman–Crippen LogP) is 3.61. The van der Waals surface area contributed by atoms with Crippen LogP contribution in [0.4, 0.5) is 5.69 Å². The number of methoxy groups -OCH3 is 1. The lowest BCUT2D eigenvalue weighted by molar-refractivity contribution is -0.112. The number of ether oxygens (including phenoxy) is 1. The molecule has 0 fully saturated rings. The van der Waals surface area contributed by atoms with Crippen molar-refractivity contribution in [3.63, 3.8) is 0 Å². The first-order valence-electron chi connectivity index (χ1n) is 6.26. The van der Waals surface area contributed by atoms with Gasteiger partial charge in [-0.05, 0) is 42.1 Å². The molecule has 2 rings (SSSR count). The third-order valence-corrected chi connectivity index (χ3v) is 3.86. The Morgan fingerprint density at radius 1 is 1.38 bits per heavy atom. The van der Waals surface area contributed by atoms with Crippen molar-refractivity contribution in [1.29, 1.82) is 5.26 Å². The van der Waals surface area contributed by atoms with Crippen LogP contribution in [-0.2, 0) is 4.79 Å². The molecule has 4 nitrogen and oxygen atoms in total.